The van der Waals surface area contributed by atoms with Crippen LogP contribution in [0.15, 0.2) is 18.2 Å². The predicted octanol–water partition coefficient (Wildman–Crippen LogP) is 2.90. The van der Waals surface area contributed by atoms with Crippen molar-refractivity contribution < 1.29 is 14.4 Å². The molecule has 0 aliphatic carbocycles. The van der Waals surface area contributed by atoms with Crippen LogP contribution in [0.4, 0.5) is 0 Å². The number of benzene rings is 1. The monoisotopic (exact) mass is 386 g/mol. The summed E-state index contributed by atoms with van der Waals surface area (Å²) in [7, 11) is 0. The quantitative estimate of drug-likeness (QED) is 0.264. The number of nitrogens with one attached hydrogen (secondary N) is 3. The number of para-hydroxylation sites is 1. The third-order valence-electron chi connectivity index (χ3n) is 4.68. The molecule has 7 heteroatoms. The number of aryl methyl sites for hydroxylation is 1. The summed E-state index contributed by atoms with van der Waals surface area (Å²) in [5.74, 6) is 0.731. The number of fused-ring (bicyclic) bond motifs is 1. The van der Waals surface area contributed by atoms with Crippen molar-refractivity contribution >= 4 is 29.1 Å². The van der Waals surface area contributed by atoms with E-state index in [1.165, 1.54) is 6.92 Å². The van der Waals surface area contributed by atoms with Crippen molar-refractivity contribution in [2.45, 2.75) is 58.3 Å². The van der Waals surface area contributed by atoms with E-state index in [2.05, 4.69) is 20.6 Å². The Bertz CT molecular complexity index is 785. The Morgan fingerprint density at radius 2 is 1.79 bits per heavy atom. The van der Waals surface area contributed by atoms with Crippen LogP contribution in [-0.2, 0) is 16.0 Å². The molecule has 2 aromatic rings. The standard InChI is InChI=1S/C21H30N4O3/c1-16(27)17-9-8-10-18-21(17)25-19(24-18)11-12-20(28)23-14-7-5-3-2-4-6-13-22-15-26/h8-10,15H,2-7,11-14H2,1H3,(H,22,26)(H,23,28)(H,24,25). The summed E-state index contributed by atoms with van der Waals surface area (Å²) in [6.07, 6.45) is 8.15. The van der Waals surface area contributed by atoms with E-state index in [9.17, 15) is 14.4 Å². The van der Waals surface area contributed by atoms with E-state index in [1.54, 1.807) is 6.07 Å². The summed E-state index contributed by atoms with van der Waals surface area (Å²) < 4.78 is 0. The first-order valence-corrected chi connectivity index (χ1v) is 10.0. The van der Waals surface area contributed by atoms with Crippen LogP contribution in [0.25, 0.3) is 11.0 Å². The van der Waals surface area contributed by atoms with Crippen LogP contribution in [0.2, 0.25) is 0 Å². The van der Waals surface area contributed by atoms with Gasteiger partial charge in [0.25, 0.3) is 0 Å². The maximum absolute atomic E-state index is 12.0. The fourth-order valence-corrected chi connectivity index (χ4v) is 3.15. The molecule has 0 radical (unpaired) electrons. The van der Waals surface area contributed by atoms with Gasteiger partial charge >= 0.3 is 0 Å². The normalized spacial score (nSPS) is 10.8. The van der Waals surface area contributed by atoms with Crippen LogP contribution in [-0.4, -0.2) is 41.2 Å². The van der Waals surface area contributed by atoms with Gasteiger partial charge in [-0.3, -0.25) is 14.4 Å². The molecule has 7 nitrogen and oxygen atoms in total. The molecule has 28 heavy (non-hydrogen) atoms. The Balaban J connectivity index is 1.60. The van der Waals surface area contributed by atoms with Crippen LogP contribution >= 0.6 is 0 Å². The van der Waals surface area contributed by atoms with Crippen molar-refractivity contribution in [3.63, 3.8) is 0 Å². The molecule has 0 saturated carbocycles. The van der Waals surface area contributed by atoms with Gasteiger partial charge in [0.05, 0.1) is 11.0 Å². The number of ketones is 1. The minimum atomic E-state index is -0.0148. The number of hydrogen-bond acceptors (Lipinski definition) is 4. The molecule has 1 aromatic carbocycles. The topological polar surface area (TPSA) is 104 Å². The van der Waals surface area contributed by atoms with Gasteiger partial charge in [0.1, 0.15) is 5.82 Å². The number of nitrogens with zero attached hydrogens (tertiary/aromatic N) is 1. The Labute approximate surface area is 165 Å². The van der Waals surface area contributed by atoms with E-state index in [0.717, 1.165) is 62.8 Å². The minimum absolute atomic E-state index is 0.0148. The average molecular weight is 386 g/mol. The molecule has 3 N–H and O–H groups in total. The largest absolute Gasteiger partial charge is 0.359 e. The first-order valence-electron chi connectivity index (χ1n) is 10.0. The van der Waals surface area contributed by atoms with Crippen molar-refractivity contribution in [3.05, 3.63) is 29.6 Å². The number of Topliss-reactive ketones (excluding diaryl/α,β-unsaturated/α-hetero) is 1. The first kappa shape index (κ1) is 21.6. The number of unbranched alkanes of at least 4 members (excludes halogenated alkanes) is 5. The molecule has 2 rings (SSSR count). The Hall–Kier alpha value is -2.70. The SMILES string of the molecule is CC(=O)c1cccc2[nH]c(CCC(=O)NCCCCCCCCNC=O)nc12. The van der Waals surface area contributed by atoms with Gasteiger partial charge in [-0.15, -0.1) is 0 Å². The maximum Gasteiger partial charge on any atom is 0.220 e. The highest BCUT2D eigenvalue weighted by Crippen LogP contribution is 2.17. The van der Waals surface area contributed by atoms with Gasteiger partial charge in [0.15, 0.2) is 5.78 Å². The molecule has 0 aliphatic rings. The summed E-state index contributed by atoms with van der Waals surface area (Å²) in [5, 5.41) is 5.61. The summed E-state index contributed by atoms with van der Waals surface area (Å²) in [4.78, 5) is 41.5. The lowest BCUT2D eigenvalue weighted by molar-refractivity contribution is -0.121. The number of carbonyl (C=O) groups excluding carboxylic acids is 3. The summed E-state index contributed by atoms with van der Waals surface area (Å²) in [6.45, 7) is 2.97. The zero-order chi connectivity index (χ0) is 20.2. The highest BCUT2D eigenvalue weighted by molar-refractivity contribution is 6.04. The lowest BCUT2D eigenvalue weighted by Crippen LogP contribution is -2.24. The van der Waals surface area contributed by atoms with Gasteiger partial charge in [0.2, 0.25) is 12.3 Å². The highest BCUT2D eigenvalue weighted by atomic mass is 16.1. The van der Waals surface area contributed by atoms with Gasteiger partial charge in [-0.05, 0) is 31.9 Å². The van der Waals surface area contributed by atoms with Crippen LogP contribution in [0.5, 0.6) is 0 Å². The van der Waals surface area contributed by atoms with Crippen molar-refractivity contribution in [2.75, 3.05) is 13.1 Å². The molecule has 1 heterocycles. The van der Waals surface area contributed by atoms with E-state index >= 15 is 0 Å². The molecular formula is C21H30N4O3. The lowest BCUT2D eigenvalue weighted by Gasteiger charge is -2.05. The highest BCUT2D eigenvalue weighted by Gasteiger charge is 2.11. The van der Waals surface area contributed by atoms with Crippen molar-refractivity contribution in [2.24, 2.45) is 0 Å². The zero-order valence-corrected chi connectivity index (χ0v) is 16.6. The number of imidazole rings is 1. The number of rotatable bonds is 14. The Morgan fingerprint density at radius 1 is 1.07 bits per heavy atom. The molecule has 152 valence electrons. The zero-order valence-electron chi connectivity index (χ0n) is 16.6. The molecule has 0 spiro atoms. The fourth-order valence-electron chi connectivity index (χ4n) is 3.15. The Kier molecular flexibility index (Phi) is 9.18. The molecule has 0 saturated heterocycles. The number of hydrogen-bond donors (Lipinski definition) is 3. The lowest BCUT2D eigenvalue weighted by atomic mass is 10.1. The van der Waals surface area contributed by atoms with Crippen LogP contribution in [0, 0.1) is 0 Å². The third-order valence-corrected chi connectivity index (χ3v) is 4.68. The number of aromatic nitrogens is 2. The number of H-pyrrole nitrogens is 1. The molecule has 0 bridgehead atoms. The van der Waals surface area contributed by atoms with Crippen molar-refractivity contribution in [1.82, 2.24) is 20.6 Å². The van der Waals surface area contributed by atoms with Crippen LogP contribution in [0.3, 0.4) is 0 Å². The molecule has 0 aliphatic heterocycles. The van der Waals surface area contributed by atoms with Gasteiger partial charge in [0, 0.05) is 31.5 Å². The van der Waals surface area contributed by atoms with Crippen LogP contribution < -0.4 is 10.6 Å². The second-order valence-corrected chi connectivity index (χ2v) is 6.98. The number of carbonyl (C=O) groups is 3. The summed E-state index contributed by atoms with van der Waals surface area (Å²) in [6, 6.07) is 5.48. The summed E-state index contributed by atoms with van der Waals surface area (Å²) >= 11 is 0. The average Bonchev–Trinajstić information content (AvgIpc) is 3.10. The van der Waals surface area contributed by atoms with E-state index in [-0.39, 0.29) is 11.7 Å². The third kappa shape index (κ3) is 7.13. The number of aromatic amines is 1. The molecule has 1 aromatic heterocycles. The summed E-state index contributed by atoms with van der Waals surface area (Å²) in [5.41, 5.74) is 2.10. The van der Waals surface area contributed by atoms with Crippen molar-refractivity contribution in [3.8, 4) is 0 Å². The maximum atomic E-state index is 12.0. The molecule has 2 amide bonds. The van der Waals surface area contributed by atoms with Gasteiger partial charge in [-0.2, -0.15) is 0 Å². The molecular weight excluding hydrogens is 356 g/mol. The van der Waals surface area contributed by atoms with Gasteiger partial charge < -0.3 is 15.6 Å². The number of amides is 2. The second-order valence-electron chi connectivity index (χ2n) is 6.98. The fraction of sp³-hybridized carbons (Fsp3) is 0.524. The molecule has 0 unspecified atom stereocenters. The van der Waals surface area contributed by atoms with E-state index in [0.29, 0.717) is 30.5 Å². The predicted molar refractivity (Wildman–Crippen MR) is 109 cm³/mol. The Morgan fingerprint density at radius 3 is 2.50 bits per heavy atom. The first-order chi connectivity index (χ1) is 13.6. The minimum Gasteiger partial charge on any atom is -0.359 e. The smallest absolute Gasteiger partial charge is 0.220 e. The molecule has 0 fully saturated rings. The van der Waals surface area contributed by atoms with Gasteiger partial charge in [-0.1, -0.05) is 31.7 Å². The molecule has 0 atom stereocenters. The van der Waals surface area contributed by atoms with Gasteiger partial charge in [-0.25, -0.2) is 4.98 Å². The van der Waals surface area contributed by atoms with E-state index in [4.69, 9.17) is 0 Å². The van der Waals surface area contributed by atoms with Crippen LogP contribution in [0.1, 0.15) is 68.1 Å². The van der Waals surface area contributed by atoms with Crippen molar-refractivity contribution in [1.29, 1.82) is 0 Å². The van der Waals surface area contributed by atoms with E-state index in [1.807, 2.05) is 12.1 Å². The second kappa shape index (κ2) is 11.9. The van der Waals surface area contributed by atoms with E-state index < -0.39 is 0 Å².